The first-order chi connectivity index (χ1) is 13.4. The Bertz CT molecular complexity index is 1010. The van der Waals surface area contributed by atoms with Crippen LogP contribution in [-0.2, 0) is 15.4 Å². The van der Waals surface area contributed by atoms with Gasteiger partial charge in [0.15, 0.2) is 0 Å². The largest absolute Gasteiger partial charge is 0.399 e. The number of halogens is 1. The molecule has 7 heteroatoms. The highest BCUT2D eigenvalue weighted by Gasteiger charge is 2.59. The van der Waals surface area contributed by atoms with E-state index in [0.717, 1.165) is 48.4 Å². The van der Waals surface area contributed by atoms with E-state index in [1.165, 1.54) is 24.3 Å². The smallest absolute Gasteiger partial charge is 0.264 e. The molecule has 2 heterocycles. The molecule has 1 spiro atoms. The molecule has 1 unspecified atom stereocenters. The summed E-state index contributed by atoms with van der Waals surface area (Å²) in [6.45, 7) is 0. The maximum Gasteiger partial charge on any atom is 0.264 e. The van der Waals surface area contributed by atoms with Gasteiger partial charge in [0, 0.05) is 11.1 Å². The summed E-state index contributed by atoms with van der Waals surface area (Å²) in [4.78, 5) is 0.143. The lowest BCUT2D eigenvalue weighted by atomic mass is 9.70. The van der Waals surface area contributed by atoms with Crippen molar-refractivity contribution >= 4 is 33.2 Å². The number of nitrogen functional groups attached to an aromatic ring is 1. The number of nitrogens with two attached hydrogens (primary N) is 1. The van der Waals surface area contributed by atoms with Crippen molar-refractivity contribution in [1.82, 2.24) is 0 Å². The van der Waals surface area contributed by atoms with Gasteiger partial charge in [-0.15, -0.1) is 0 Å². The average Bonchev–Trinajstić information content (AvgIpc) is 3.48. The van der Waals surface area contributed by atoms with Crippen LogP contribution in [0.2, 0.25) is 0 Å². The van der Waals surface area contributed by atoms with E-state index in [9.17, 15) is 12.8 Å². The van der Waals surface area contributed by atoms with E-state index in [2.05, 4.69) is 0 Å². The molecule has 1 saturated heterocycles. The van der Waals surface area contributed by atoms with Gasteiger partial charge in [0.1, 0.15) is 5.82 Å². The third-order valence-corrected chi connectivity index (χ3v) is 9.23. The summed E-state index contributed by atoms with van der Waals surface area (Å²) >= 11 is 1.93. The summed E-state index contributed by atoms with van der Waals surface area (Å²) < 4.78 is 42.5. The third-order valence-electron chi connectivity index (χ3n) is 6.44. The second kappa shape index (κ2) is 6.39. The Morgan fingerprint density at radius 2 is 1.75 bits per heavy atom. The molecular weight excluding hydrogens is 395 g/mol. The third kappa shape index (κ3) is 2.66. The van der Waals surface area contributed by atoms with Gasteiger partial charge >= 0.3 is 0 Å². The molecule has 0 aromatic heterocycles. The van der Waals surface area contributed by atoms with E-state index in [0.29, 0.717) is 11.6 Å². The first-order valence-electron chi connectivity index (χ1n) is 9.71. The molecule has 4 nitrogen and oxygen atoms in total. The van der Waals surface area contributed by atoms with Crippen molar-refractivity contribution in [3.8, 4) is 0 Å². The van der Waals surface area contributed by atoms with Crippen molar-refractivity contribution in [2.75, 3.05) is 21.5 Å². The summed E-state index contributed by atoms with van der Waals surface area (Å²) in [6.07, 6.45) is 4.03. The number of hydrogen-bond acceptors (Lipinski definition) is 4. The minimum absolute atomic E-state index is 0.0831. The number of hydrogen-bond donors (Lipinski definition) is 1. The Morgan fingerprint density at radius 3 is 2.39 bits per heavy atom. The zero-order valence-corrected chi connectivity index (χ0v) is 17.1. The second-order valence-corrected chi connectivity index (χ2v) is 11.1. The SMILES string of the molecule is Nc1ccc2c(c1)C1(CCSCC1)C(C1CC1)N2S(=O)(=O)c1ccc(F)cc1. The van der Waals surface area contributed by atoms with Crippen molar-refractivity contribution in [2.24, 2.45) is 5.92 Å². The molecule has 1 saturated carbocycles. The van der Waals surface area contributed by atoms with Crippen molar-refractivity contribution in [2.45, 2.75) is 42.0 Å². The van der Waals surface area contributed by atoms with Crippen LogP contribution < -0.4 is 10.0 Å². The van der Waals surface area contributed by atoms with Gasteiger partial charge in [-0.1, -0.05) is 0 Å². The van der Waals surface area contributed by atoms with Crippen molar-refractivity contribution in [1.29, 1.82) is 0 Å². The van der Waals surface area contributed by atoms with E-state index in [1.54, 1.807) is 10.4 Å². The summed E-state index contributed by atoms with van der Waals surface area (Å²) in [5.41, 5.74) is 8.45. The van der Waals surface area contributed by atoms with Gasteiger partial charge in [-0.25, -0.2) is 12.8 Å². The zero-order valence-electron chi connectivity index (χ0n) is 15.5. The average molecular weight is 419 g/mol. The van der Waals surface area contributed by atoms with Crippen LogP contribution in [0.1, 0.15) is 31.2 Å². The fourth-order valence-electron chi connectivity index (χ4n) is 5.03. The Labute approximate surface area is 169 Å². The predicted octanol–water partition coefficient (Wildman–Crippen LogP) is 4.16. The minimum atomic E-state index is -3.79. The fourth-order valence-corrected chi connectivity index (χ4v) is 8.05. The molecule has 2 aliphatic heterocycles. The topological polar surface area (TPSA) is 63.4 Å². The van der Waals surface area contributed by atoms with Crippen LogP contribution in [0.25, 0.3) is 0 Å². The van der Waals surface area contributed by atoms with Crippen LogP contribution in [-0.4, -0.2) is 26.0 Å². The highest BCUT2D eigenvalue weighted by molar-refractivity contribution is 7.99. The lowest BCUT2D eigenvalue weighted by Crippen LogP contribution is -2.50. The Kier molecular flexibility index (Phi) is 4.18. The van der Waals surface area contributed by atoms with Gasteiger partial charge in [-0.3, -0.25) is 4.31 Å². The highest BCUT2D eigenvalue weighted by atomic mass is 32.2. The molecule has 1 atom stereocenters. The Morgan fingerprint density at radius 1 is 1.07 bits per heavy atom. The van der Waals surface area contributed by atoms with Crippen LogP contribution in [0.5, 0.6) is 0 Å². The maximum absolute atomic E-state index is 13.7. The minimum Gasteiger partial charge on any atom is -0.399 e. The summed E-state index contributed by atoms with van der Waals surface area (Å²) in [5, 5.41) is 0. The first-order valence-corrected chi connectivity index (χ1v) is 12.3. The first kappa shape index (κ1) is 18.3. The fraction of sp³-hybridized carbons (Fsp3) is 0.429. The molecule has 2 aromatic rings. The monoisotopic (exact) mass is 418 g/mol. The molecule has 0 amide bonds. The Balaban J connectivity index is 1.72. The molecule has 2 N–H and O–H groups in total. The van der Waals surface area contributed by atoms with Crippen molar-refractivity contribution < 1.29 is 12.8 Å². The molecule has 0 radical (unpaired) electrons. The van der Waals surface area contributed by atoms with E-state index >= 15 is 0 Å². The molecule has 28 heavy (non-hydrogen) atoms. The maximum atomic E-state index is 13.7. The van der Waals surface area contributed by atoms with Gasteiger partial charge in [0.05, 0.1) is 16.6 Å². The van der Waals surface area contributed by atoms with Crippen LogP contribution in [0.15, 0.2) is 47.4 Å². The van der Waals surface area contributed by atoms with Crippen molar-refractivity contribution in [3.05, 3.63) is 53.8 Å². The van der Waals surface area contributed by atoms with E-state index in [1.807, 2.05) is 23.9 Å². The number of rotatable bonds is 3. The number of nitrogens with zero attached hydrogens (tertiary/aromatic N) is 1. The lowest BCUT2D eigenvalue weighted by molar-refractivity contribution is 0.315. The highest BCUT2D eigenvalue weighted by Crippen LogP contribution is 2.59. The summed E-state index contributed by atoms with van der Waals surface area (Å²) in [7, 11) is -3.79. The lowest BCUT2D eigenvalue weighted by Gasteiger charge is -2.41. The van der Waals surface area contributed by atoms with Crippen LogP contribution in [0.3, 0.4) is 0 Å². The van der Waals surface area contributed by atoms with E-state index < -0.39 is 15.8 Å². The van der Waals surface area contributed by atoms with E-state index in [-0.39, 0.29) is 16.4 Å². The summed E-state index contributed by atoms with van der Waals surface area (Å²) in [5.74, 6) is 1.99. The second-order valence-electron chi connectivity index (χ2n) is 8.08. The molecule has 2 fully saturated rings. The predicted molar refractivity (Wildman–Crippen MR) is 112 cm³/mol. The van der Waals surface area contributed by atoms with E-state index in [4.69, 9.17) is 5.73 Å². The van der Waals surface area contributed by atoms with Crippen LogP contribution in [0, 0.1) is 11.7 Å². The number of benzene rings is 2. The molecule has 5 rings (SSSR count). The number of anilines is 2. The number of thioether (sulfide) groups is 1. The van der Waals surface area contributed by atoms with Crippen LogP contribution >= 0.6 is 11.8 Å². The van der Waals surface area contributed by atoms with Gasteiger partial charge in [-0.05, 0) is 91.1 Å². The quantitative estimate of drug-likeness (QED) is 0.761. The van der Waals surface area contributed by atoms with Crippen LogP contribution in [0.4, 0.5) is 15.8 Å². The Hall–Kier alpha value is -1.73. The van der Waals surface area contributed by atoms with Gasteiger partial charge in [0.2, 0.25) is 0 Å². The van der Waals surface area contributed by atoms with Gasteiger partial charge < -0.3 is 5.73 Å². The number of fused-ring (bicyclic) bond motifs is 2. The standard InChI is InChI=1S/C21H23FN2O2S2/c22-15-3-6-17(7-4-15)28(25,26)24-19-8-5-16(23)13-18(19)21(9-11-27-12-10-21)20(24)14-1-2-14/h3-8,13-14,20H,1-2,9-12,23H2. The molecule has 1 aliphatic carbocycles. The zero-order chi connectivity index (χ0) is 19.5. The molecule has 148 valence electrons. The normalized spacial score (nSPS) is 23.8. The van der Waals surface area contributed by atoms with Crippen molar-refractivity contribution in [3.63, 3.8) is 0 Å². The molecule has 3 aliphatic rings. The summed E-state index contributed by atoms with van der Waals surface area (Å²) in [6, 6.07) is 10.7. The number of sulfonamides is 1. The molecule has 2 aromatic carbocycles. The molecule has 0 bridgehead atoms. The molecular formula is C21H23FN2O2S2. The van der Waals surface area contributed by atoms with Gasteiger partial charge in [0.25, 0.3) is 10.0 Å². The van der Waals surface area contributed by atoms with Gasteiger partial charge in [-0.2, -0.15) is 11.8 Å².